The van der Waals surface area contributed by atoms with Crippen LogP contribution in [0.3, 0.4) is 0 Å². The minimum atomic E-state index is -4.89. The number of Topliss-reactive ketones (excluding diaryl/α,β-unsaturated/α-hetero) is 1. The van der Waals surface area contributed by atoms with E-state index < -0.39 is 7.82 Å². The summed E-state index contributed by atoms with van der Waals surface area (Å²) in [6.45, 7) is 1.55. The highest BCUT2D eigenvalue weighted by Gasteiger charge is 1.98. The smallest absolute Gasteiger partial charge is 0.262 e. The summed E-state index contributed by atoms with van der Waals surface area (Å²) in [6.07, 6.45) is 0. The first-order valence-electron chi connectivity index (χ1n) is 3.89. The van der Waals surface area contributed by atoms with Crippen molar-refractivity contribution in [3.05, 3.63) is 29.8 Å². The van der Waals surface area contributed by atoms with Gasteiger partial charge in [0.25, 0.3) is 7.82 Å². The lowest BCUT2D eigenvalue weighted by molar-refractivity contribution is -0.254. The zero-order valence-corrected chi connectivity index (χ0v) is 8.98. The largest absolute Gasteiger partial charge is 0.756 e. The number of hydrogen-bond donors (Lipinski definition) is 3. The van der Waals surface area contributed by atoms with Crippen LogP contribution in [-0.4, -0.2) is 15.6 Å². The molecule has 0 atom stereocenters. The van der Waals surface area contributed by atoms with Gasteiger partial charge in [-0.2, -0.15) is 0 Å². The highest BCUT2D eigenvalue weighted by atomic mass is 31.2. The summed E-state index contributed by atoms with van der Waals surface area (Å²) < 4.78 is 8.77. The number of hydrogen-bond acceptors (Lipinski definition) is 3. The van der Waals surface area contributed by atoms with E-state index in [-0.39, 0.29) is 5.78 Å². The van der Waals surface area contributed by atoms with Gasteiger partial charge in [-0.05, 0) is 13.0 Å². The molecule has 7 heteroatoms. The Balaban J connectivity index is 0.000000336. The number of phosphoric acid groups is 1. The zero-order chi connectivity index (χ0) is 12.1. The number of ketones is 1. The van der Waals surface area contributed by atoms with Crippen molar-refractivity contribution in [3.8, 4) is 0 Å². The van der Waals surface area contributed by atoms with Gasteiger partial charge in [0.05, 0.1) is 0 Å². The van der Waals surface area contributed by atoms with Gasteiger partial charge >= 0.3 is 0 Å². The Morgan fingerprint density at radius 1 is 1.47 bits per heavy atom. The fourth-order valence-corrected chi connectivity index (χ4v) is 0.790. The summed E-state index contributed by atoms with van der Waals surface area (Å²) in [5.41, 5.74) is 5.32. The first-order valence-corrected chi connectivity index (χ1v) is 5.42. The van der Waals surface area contributed by atoms with Crippen LogP contribution in [-0.2, 0) is 4.57 Å². The van der Waals surface area contributed by atoms with Crippen LogP contribution in [0.25, 0.3) is 0 Å². The zero-order valence-electron chi connectivity index (χ0n) is 8.08. The second-order valence-corrected chi connectivity index (χ2v) is 3.73. The lowest BCUT2D eigenvalue weighted by Crippen LogP contribution is -2.40. The van der Waals surface area contributed by atoms with E-state index in [1.54, 1.807) is 19.1 Å². The molecule has 1 rings (SSSR count). The molecule has 0 saturated carbocycles. The summed E-state index contributed by atoms with van der Waals surface area (Å²) in [7, 11) is -4.89. The standard InChI is InChI=1S/C8H9NO.H3O4P/c1-6(10)7-3-2-4-8(9)5-7;1-5(2,3)4/h2-5H,9H2,1H3;(H3,1,2,3,4). The molecule has 0 aliphatic carbocycles. The van der Waals surface area contributed by atoms with Gasteiger partial charge in [-0.3, -0.25) is 9.36 Å². The van der Waals surface area contributed by atoms with Crippen molar-refractivity contribution >= 4 is 19.3 Å². The van der Waals surface area contributed by atoms with Crippen LogP contribution in [0.1, 0.15) is 17.3 Å². The molecule has 1 aromatic rings. The highest BCUT2D eigenvalue weighted by molar-refractivity contribution is 7.43. The predicted molar refractivity (Wildman–Crippen MR) is 51.0 cm³/mol. The van der Waals surface area contributed by atoms with Crippen LogP contribution in [0.4, 0.5) is 5.69 Å². The van der Waals surface area contributed by atoms with Gasteiger partial charge < -0.3 is 20.4 Å². The quantitative estimate of drug-likeness (QED) is 0.432. The highest BCUT2D eigenvalue weighted by Crippen LogP contribution is 2.18. The van der Waals surface area contributed by atoms with Crippen LogP contribution in [0, 0.1) is 0 Å². The Labute approximate surface area is 86.6 Å². The third-order valence-electron chi connectivity index (χ3n) is 1.33. The van der Waals surface area contributed by atoms with E-state index in [1.807, 2.05) is 12.1 Å². The molecular formula is C8H12NO5P. The number of benzene rings is 1. The second kappa shape index (κ2) is 5.75. The van der Waals surface area contributed by atoms with E-state index in [1.165, 1.54) is 0 Å². The fraction of sp³-hybridized carbons (Fsp3) is 0.125. The maximum Gasteiger partial charge on any atom is 0.262 e. The first kappa shape index (κ1) is 14.0. The summed E-state index contributed by atoms with van der Waals surface area (Å²) in [5.74, 6) is 0.0884. The Morgan fingerprint density at radius 3 is 2.20 bits per heavy atom. The molecule has 1 aromatic carbocycles. The van der Waals surface area contributed by atoms with Gasteiger partial charge in [0.2, 0.25) is 0 Å². The molecule has 0 unspecified atom stereocenters. The van der Waals surface area contributed by atoms with Gasteiger partial charge in [-0.15, -0.1) is 0 Å². The van der Waals surface area contributed by atoms with Gasteiger partial charge in [-0.25, -0.2) is 0 Å². The molecule has 0 heterocycles. The SMILES string of the molecule is CC(=O)c1cccc([NH3+])c1.O=P([O-])(O)O. The molecule has 0 fully saturated rings. The molecule has 84 valence electrons. The van der Waals surface area contributed by atoms with Gasteiger partial charge in [0, 0.05) is 11.6 Å². The van der Waals surface area contributed by atoms with Crippen molar-refractivity contribution in [2.75, 3.05) is 0 Å². The van der Waals surface area contributed by atoms with Gasteiger partial charge in [0.15, 0.2) is 5.78 Å². The minimum absolute atomic E-state index is 0.0884. The van der Waals surface area contributed by atoms with Gasteiger partial charge in [0.1, 0.15) is 5.69 Å². The van der Waals surface area contributed by atoms with E-state index >= 15 is 0 Å². The average Bonchev–Trinajstić information content (AvgIpc) is 2.00. The van der Waals surface area contributed by atoms with E-state index in [4.69, 9.17) is 19.2 Å². The molecule has 0 bridgehead atoms. The predicted octanol–water partition coefficient (Wildman–Crippen LogP) is -0.798. The lowest BCUT2D eigenvalue weighted by Gasteiger charge is -2.01. The van der Waals surface area contributed by atoms with Crippen LogP contribution >= 0.6 is 7.82 Å². The van der Waals surface area contributed by atoms with Crippen molar-refractivity contribution in [2.45, 2.75) is 6.92 Å². The molecule has 0 aliphatic rings. The van der Waals surface area contributed by atoms with Crippen LogP contribution in [0.15, 0.2) is 24.3 Å². The third kappa shape index (κ3) is 9.27. The molecule has 0 aromatic heterocycles. The average molecular weight is 233 g/mol. The minimum Gasteiger partial charge on any atom is -0.756 e. The lowest BCUT2D eigenvalue weighted by atomic mass is 10.1. The third-order valence-corrected chi connectivity index (χ3v) is 1.33. The summed E-state index contributed by atoms with van der Waals surface area (Å²) in [5, 5.41) is 0. The van der Waals surface area contributed by atoms with Crippen molar-refractivity contribution in [1.82, 2.24) is 0 Å². The summed E-state index contributed by atoms with van der Waals surface area (Å²) in [4.78, 5) is 33.7. The maximum atomic E-state index is 10.8. The first-order chi connectivity index (χ1) is 6.70. The molecule has 5 N–H and O–H groups in total. The van der Waals surface area contributed by atoms with E-state index in [0.717, 1.165) is 11.3 Å². The van der Waals surface area contributed by atoms with Crippen molar-refractivity contribution < 1.29 is 29.8 Å². The normalized spacial score (nSPS) is 10.2. The molecule has 15 heavy (non-hydrogen) atoms. The van der Waals surface area contributed by atoms with Gasteiger partial charge in [-0.1, -0.05) is 12.1 Å². The van der Waals surface area contributed by atoms with Crippen LogP contribution in [0.2, 0.25) is 0 Å². The molecule has 0 spiro atoms. The molecule has 0 aliphatic heterocycles. The summed E-state index contributed by atoms with van der Waals surface area (Å²) in [6, 6.07) is 7.27. The maximum absolute atomic E-state index is 10.8. The monoisotopic (exact) mass is 233 g/mol. The second-order valence-electron chi connectivity index (χ2n) is 2.75. The van der Waals surface area contributed by atoms with Crippen LogP contribution in [0.5, 0.6) is 0 Å². The van der Waals surface area contributed by atoms with Crippen molar-refractivity contribution in [3.63, 3.8) is 0 Å². The number of carbonyl (C=O) groups excluding carboxylic acids is 1. The summed E-state index contributed by atoms with van der Waals surface area (Å²) >= 11 is 0. The number of carbonyl (C=O) groups is 1. The molecule has 6 nitrogen and oxygen atoms in total. The van der Waals surface area contributed by atoms with Crippen molar-refractivity contribution in [2.24, 2.45) is 0 Å². The Hall–Kier alpha value is -1.04. The topological polar surface area (TPSA) is 125 Å². The molecule has 0 radical (unpaired) electrons. The molecule has 0 amide bonds. The number of quaternary nitrogens is 1. The van der Waals surface area contributed by atoms with E-state index in [0.29, 0.717) is 0 Å². The molecular weight excluding hydrogens is 221 g/mol. The Kier molecular flexibility index (Phi) is 5.35. The van der Waals surface area contributed by atoms with Crippen molar-refractivity contribution in [1.29, 1.82) is 0 Å². The number of rotatable bonds is 1. The van der Waals surface area contributed by atoms with Crippen LogP contribution < -0.4 is 10.6 Å². The Bertz CT molecular complexity index is 378. The Morgan fingerprint density at radius 2 is 1.93 bits per heavy atom. The van der Waals surface area contributed by atoms with E-state index in [9.17, 15) is 4.79 Å². The fourth-order valence-electron chi connectivity index (χ4n) is 0.790. The molecule has 0 saturated heterocycles. The van der Waals surface area contributed by atoms with E-state index in [2.05, 4.69) is 5.73 Å².